The first-order valence-corrected chi connectivity index (χ1v) is 7.68. The summed E-state index contributed by atoms with van der Waals surface area (Å²) in [6, 6.07) is 0.490. The number of unbranched alkanes of at least 4 members (excludes halogenated alkanes) is 1. The minimum Gasteiger partial charge on any atom is -0.312 e. The first-order chi connectivity index (χ1) is 8.22. The van der Waals surface area contributed by atoms with Crippen LogP contribution in [-0.4, -0.2) is 12.0 Å². The van der Waals surface area contributed by atoms with Crippen LogP contribution in [0, 0.1) is 12.8 Å². The maximum atomic E-state index is 4.36. The van der Waals surface area contributed by atoms with Crippen molar-refractivity contribution < 1.29 is 0 Å². The van der Waals surface area contributed by atoms with E-state index in [1.807, 2.05) is 5.51 Å². The standard InChI is InChI=1S/C14H26N2S/c1-5-7-8-12(6-2)9-13(15-4)14-11(3)16-10-17-14/h10,12-13,15H,5-9H2,1-4H3. The fourth-order valence-electron chi connectivity index (χ4n) is 2.32. The zero-order valence-electron chi connectivity index (χ0n) is 11.6. The van der Waals surface area contributed by atoms with Crippen LogP contribution < -0.4 is 5.32 Å². The summed E-state index contributed by atoms with van der Waals surface area (Å²) in [5.41, 5.74) is 3.15. The van der Waals surface area contributed by atoms with Gasteiger partial charge in [-0.15, -0.1) is 11.3 Å². The highest BCUT2D eigenvalue weighted by atomic mass is 32.1. The number of nitrogens with one attached hydrogen (secondary N) is 1. The molecular weight excluding hydrogens is 228 g/mol. The van der Waals surface area contributed by atoms with E-state index >= 15 is 0 Å². The highest BCUT2D eigenvalue weighted by Gasteiger charge is 2.18. The summed E-state index contributed by atoms with van der Waals surface area (Å²) in [5.74, 6) is 0.842. The summed E-state index contributed by atoms with van der Waals surface area (Å²) in [6.07, 6.45) is 6.56. The van der Waals surface area contributed by atoms with Crippen molar-refractivity contribution in [2.45, 2.75) is 58.9 Å². The van der Waals surface area contributed by atoms with Crippen LogP contribution in [0.5, 0.6) is 0 Å². The van der Waals surface area contributed by atoms with Gasteiger partial charge >= 0.3 is 0 Å². The number of aromatic nitrogens is 1. The molecule has 2 atom stereocenters. The molecule has 0 amide bonds. The molecule has 98 valence electrons. The van der Waals surface area contributed by atoms with Crippen LogP contribution in [0.3, 0.4) is 0 Å². The molecule has 2 nitrogen and oxygen atoms in total. The topological polar surface area (TPSA) is 24.9 Å². The fourth-order valence-corrected chi connectivity index (χ4v) is 3.24. The molecule has 0 radical (unpaired) electrons. The minimum absolute atomic E-state index is 0.490. The summed E-state index contributed by atoms with van der Waals surface area (Å²) in [7, 11) is 2.07. The van der Waals surface area contributed by atoms with Crippen LogP contribution >= 0.6 is 11.3 Å². The Labute approximate surface area is 110 Å². The molecule has 0 fully saturated rings. The third-order valence-corrected chi connectivity index (χ3v) is 4.60. The lowest BCUT2D eigenvalue weighted by Gasteiger charge is -2.22. The van der Waals surface area contributed by atoms with E-state index in [9.17, 15) is 0 Å². The molecular formula is C14H26N2S. The Morgan fingerprint density at radius 1 is 1.41 bits per heavy atom. The van der Waals surface area contributed by atoms with Crippen molar-refractivity contribution in [1.82, 2.24) is 10.3 Å². The molecule has 1 aromatic heterocycles. The Hall–Kier alpha value is -0.410. The van der Waals surface area contributed by atoms with Crippen molar-refractivity contribution in [3.8, 4) is 0 Å². The van der Waals surface area contributed by atoms with Crippen molar-refractivity contribution in [3.63, 3.8) is 0 Å². The summed E-state index contributed by atoms with van der Waals surface area (Å²) in [6.45, 7) is 6.70. The highest BCUT2D eigenvalue weighted by Crippen LogP contribution is 2.30. The van der Waals surface area contributed by atoms with Gasteiger partial charge in [0.1, 0.15) is 0 Å². The summed E-state index contributed by atoms with van der Waals surface area (Å²) in [5, 5.41) is 3.46. The van der Waals surface area contributed by atoms with Crippen LogP contribution in [-0.2, 0) is 0 Å². The average Bonchev–Trinajstić information content (AvgIpc) is 2.76. The molecule has 2 unspecified atom stereocenters. The molecule has 0 bridgehead atoms. The van der Waals surface area contributed by atoms with Crippen molar-refractivity contribution in [1.29, 1.82) is 0 Å². The maximum Gasteiger partial charge on any atom is 0.0798 e. The quantitative estimate of drug-likeness (QED) is 0.747. The maximum absolute atomic E-state index is 4.36. The van der Waals surface area contributed by atoms with Gasteiger partial charge in [-0.25, -0.2) is 4.98 Å². The summed E-state index contributed by atoms with van der Waals surface area (Å²) >= 11 is 1.78. The molecule has 1 heterocycles. The Bertz CT molecular complexity index is 309. The monoisotopic (exact) mass is 254 g/mol. The summed E-state index contributed by atoms with van der Waals surface area (Å²) in [4.78, 5) is 5.78. The number of hydrogen-bond donors (Lipinski definition) is 1. The van der Waals surface area contributed by atoms with Crippen LogP contribution in [0.25, 0.3) is 0 Å². The van der Waals surface area contributed by atoms with Gasteiger partial charge in [0.2, 0.25) is 0 Å². The Balaban J connectivity index is 2.59. The number of thiazole rings is 1. The molecule has 0 spiro atoms. The van der Waals surface area contributed by atoms with E-state index in [-0.39, 0.29) is 0 Å². The second-order valence-corrected chi connectivity index (χ2v) is 5.68. The van der Waals surface area contributed by atoms with Crippen LogP contribution in [0.4, 0.5) is 0 Å². The van der Waals surface area contributed by atoms with Crippen molar-refractivity contribution in [2.24, 2.45) is 5.92 Å². The van der Waals surface area contributed by atoms with Gasteiger partial charge in [0.25, 0.3) is 0 Å². The molecule has 0 aliphatic heterocycles. The van der Waals surface area contributed by atoms with Gasteiger partial charge in [0, 0.05) is 10.9 Å². The van der Waals surface area contributed by atoms with Gasteiger partial charge in [0.05, 0.1) is 11.2 Å². The van der Waals surface area contributed by atoms with Gasteiger partial charge in [-0.1, -0.05) is 39.5 Å². The lowest BCUT2D eigenvalue weighted by atomic mass is 9.91. The van der Waals surface area contributed by atoms with Crippen LogP contribution in [0.1, 0.15) is 62.6 Å². The highest BCUT2D eigenvalue weighted by molar-refractivity contribution is 7.09. The van der Waals surface area contributed by atoms with E-state index in [2.05, 4.69) is 38.1 Å². The molecule has 0 saturated carbocycles. The van der Waals surface area contributed by atoms with E-state index in [1.54, 1.807) is 11.3 Å². The Morgan fingerprint density at radius 3 is 2.65 bits per heavy atom. The van der Waals surface area contributed by atoms with Crippen molar-refractivity contribution in [3.05, 3.63) is 16.1 Å². The predicted molar refractivity (Wildman–Crippen MR) is 76.6 cm³/mol. The third-order valence-electron chi connectivity index (χ3n) is 3.56. The Kier molecular flexibility index (Phi) is 6.75. The molecule has 1 N–H and O–H groups in total. The van der Waals surface area contributed by atoms with Gasteiger partial charge in [-0.05, 0) is 26.3 Å². The second kappa shape index (κ2) is 7.83. The van der Waals surface area contributed by atoms with Gasteiger partial charge in [-0.2, -0.15) is 0 Å². The van der Waals surface area contributed by atoms with E-state index in [0.29, 0.717) is 6.04 Å². The largest absolute Gasteiger partial charge is 0.312 e. The first kappa shape index (κ1) is 14.7. The van der Waals surface area contributed by atoms with Gasteiger partial charge < -0.3 is 5.32 Å². The average molecular weight is 254 g/mol. The lowest BCUT2D eigenvalue weighted by molar-refractivity contribution is 0.366. The van der Waals surface area contributed by atoms with Crippen molar-refractivity contribution >= 4 is 11.3 Å². The molecule has 0 aliphatic carbocycles. The zero-order chi connectivity index (χ0) is 12.7. The van der Waals surface area contributed by atoms with Crippen LogP contribution in [0.2, 0.25) is 0 Å². The van der Waals surface area contributed by atoms with Crippen molar-refractivity contribution in [2.75, 3.05) is 7.05 Å². The number of rotatable bonds is 8. The molecule has 1 aromatic rings. The van der Waals surface area contributed by atoms with E-state index in [0.717, 1.165) is 5.92 Å². The van der Waals surface area contributed by atoms with Crippen LogP contribution in [0.15, 0.2) is 5.51 Å². The number of aryl methyl sites for hydroxylation is 1. The van der Waals surface area contributed by atoms with E-state index in [1.165, 1.54) is 42.7 Å². The molecule has 17 heavy (non-hydrogen) atoms. The third kappa shape index (κ3) is 4.40. The molecule has 1 rings (SSSR count). The second-order valence-electron chi connectivity index (χ2n) is 4.80. The van der Waals surface area contributed by atoms with Gasteiger partial charge in [-0.3, -0.25) is 0 Å². The predicted octanol–water partition coefficient (Wildman–Crippen LogP) is 4.32. The normalized spacial score (nSPS) is 14.8. The number of hydrogen-bond acceptors (Lipinski definition) is 3. The molecule has 3 heteroatoms. The van der Waals surface area contributed by atoms with E-state index < -0.39 is 0 Å². The molecule has 0 saturated heterocycles. The molecule has 0 aromatic carbocycles. The first-order valence-electron chi connectivity index (χ1n) is 6.80. The zero-order valence-corrected chi connectivity index (χ0v) is 12.4. The summed E-state index contributed by atoms with van der Waals surface area (Å²) < 4.78 is 0. The SMILES string of the molecule is CCCCC(CC)CC(NC)c1scnc1C. The lowest BCUT2D eigenvalue weighted by Crippen LogP contribution is -2.19. The smallest absolute Gasteiger partial charge is 0.0798 e. The van der Waals surface area contributed by atoms with E-state index in [4.69, 9.17) is 0 Å². The Morgan fingerprint density at radius 2 is 2.18 bits per heavy atom. The molecule has 0 aliphatic rings. The van der Waals surface area contributed by atoms with Gasteiger partial charge in [0.15, 0.2) is 0 Å². The fraction of sp³-hybridized carbons (Fsp3) is 0.786. The number of nitrogens with zero attached hydrogens (tertiary/aromatic N) is 1. The minimum atomic E-state index is 0.490.